The van der Waals surface area contributed by atoms with Gasteiger partial charge in [0.05, 0.1) is 16.5 Å². The Bertz CT molecular complexity index is 3960. The number of fused-ring (bicyclic) bond motifs is 16. The summed E-state index contributed by atoms with van der Waals surface area (Å²) in [6, 6.07) is 98.8. The molecule has 0 aliphatic heterocycles. The monoisotopic (exact) mass is 915 g/mol. The first-order valence-corrected chi connectivity index (χ1v) is 25.4. The van der Waals surface area contributed by atoms with Crippen LogP contribution in [0.4, 0.5) is 17.1 Å². The van der Waals surface area contributed by atoms with Crippen LogP contribution in [0.3, 0.4) is 0 Å². The lowest BCUT2D eigenvalue weighted by atomic mass is 9.67. The molecule has 11 aromatic carbocycles. The van der Waals surface area contributed by atoms with Crippen molar-refractivity contribution in [2.24, 2.45) is 0 Å². The lowest BCUT2D eigenvalue weighted by Crippen LogP contribution is -2.29. The van der Waals surface area contributed by atoms with Gasteiger partial charge in [-0.15, -0.1) is 0 Å². The summed E-state index contributed by atoms with van der Waals surface area (Å²) in [5, 5.41) is 0. The van der Waals surface area contributed by atoms with E-state index < -0.39 is 10.8 Å². The molecule has 0 heterocycles. The van der Waals surface area contributed by atoms with E-state index >= 15 is 0 Å². The van der Waals surface area contributed by atoms with Crippen LogP contribution in [-0.2, 0) is 16.2 Å². The highest BCUT2D eigenvalue weighted by molar-refractivity contribution is 6.01. The molecule has 1 unspecified atom stereocenters. The van der Waals surface area contributed by atoms with E-state index in [9.17, 15) is 0 Å². The number of benzene rings is 11. The third-order valence-corrected chi connectivity index (χ3v) is 17.0. The van der Waals surface area contributed by atoms with Crippen LogP contribution in [0.25, 0.3) is 55.6 Å². The van der Waals surface area contributed by atoms with Crippen molar-refractivity contribution >= 4 is 17.1 Å². The van der Waals surface area contributed by atoms with E-state index in [2.05, 4.69) is 280 Å². The van der Waals surface area contributed by atoms with E-state index in [-0.39, 0.29) is 5.41 Å². The minimum absolute atomic E-state index is 0.198. The molecule has 0 saturated heterocycles. The van der Waals surface area contributed by atoms with Crippen molar-refractivity contribution in [2.45, 2.75) is 30.1 Å². The van der Waals surface area contributed by atoms with Gasteiger partial charge in [-0.3, -0.25) is 0 Å². The summed E-state index contributed by atoms with van der Waals surface area (Å²) in [4.78, 5) is 2.62. The molecule has 4 aliphatic rings. The van der Waals surface area contributed by atoms with Crippen LogP contribution in [0.15, 0.2) is 261 Å². The highest BCUT2D eigenvalue weighted by atomic mass is 15.1. The zero-order chi connectivity index (χ0) is 47.8. The number of hydrogen-bond donors (Lipinski definition) is 0. The molecule has 1 nitrogen and oxygen atoms in total. The molecule has 15 rings (SSSR count). The first-order valence-electron chi connectivity index (χ1n) is 25.4. The second kappa shape index (κ2) is 15.1. The summed E-state index contributed by atoms with van der Waals surface area (Å²) >= 11 is 0. The summed E-state index contributed by atoms with van der Waals surface area (Å²) in [7, 11) is 0. The third kappa shape index (κ3) is 5.32. The lowest BCUT2D eigenvalue weighted by Gasteiger charge is -2.37. The van der Waals surface area contributed by atoms with Crippen LogP contribution in [0.5, 0.6) is 0 Å². The molecule has 0 aromatic heterocycles. The van der Waals surface area contributed by atoms with Gasteiger partial charge in [0, 0.05) is 22.4 Å². The molecule has 0 bridgehead atoms. The largest absolute Gasteiger partial charge is 0.310 e. The number of anilines is 3. The van der Waals surface area contributed by atoms with E-state index in [0.717, 1.165) is 11.4 Å². The Morgan fingerprint density at radius 3 is 1.25 bits per heavy atom. The summed E-state index contributed by atoms with van der Waals surface area (Å²) in [6.45, 7) is 4.80. The molecule has 0 fully saturated rings. The average Bonchev–Trinajstić information content (AvgIpc) is 4.11. The van der Waals surface area contributed by atoms with Crippen molar-refractivity contribution < 1.29 is 0 Å². The molecule has 72 heavy (non-hydrogen) atoms. The SMILES string of the molecule is CC1(C)c2ccccc2-c2ccc(N(c3ccc4c(c3)C(c3ccccc3)(c3ccccc3)c3ccccc3-4)c3cccc4c3C3(c5ccccc5-c5ccc(-c6ccccc6)cc53)c3ccccc3-4)cc21. The molecule has 1 heteroatoms. The molecule has 1 atom stereocenters. The van der Waals surface area contributed by atoms with Crippen LogP contribution in [0.2, 0.25) is 0 Å². The van der Waals surface area contributed by atoms with E-state index in [4.69, 9.17) is 0 Å². The third-order valence-electron chi connectivity index (χ3n) is 17.0. The molecule has 0 radical (unpaired) electrons. The fourth-order valence-electron chi connectivity index (χ4n) is 14.0. The smallest absolute Gasteiger partial charge is 0.0746 e. The molecular formula is C71H49N. The zero-order valence-electron chi connectivity index (χ0n) is 40.3. The Morgan fingerprint density at radius 1 is 0.264 bits per heavy atom. The molecule has 4 aliphatic carbocycles. The van der Waals surface area contributed by atoms with Crippen molar-refractivity contribution in [3.05, 3.63) is 316 Å². The molecular weight excluding hydrogens is 867 g/mol. The predicted molar refractivity (Wildman–Crippen MR) is 298 cm³/mol. The van der Waals surface area contributed by atoms with E-state index in [1.165, 1.54) is 117 Å². The van der Waals surface area contributed by atoms with Crippen molar-refractivity contribution in [3.63, 3.8) is 0 Å². The second-order valence-electron chi connectivity index (χ2n) is 20.7. The van der Waals surface area contributed by atoms with Gasteiger partial charge in [-0.25, -0.2) is 0 Å². The maximum Gasteiger partial charge on any atom is 0.0746 e. The van der Waals surface area contributed by atoms with Gasteiger partial charge < -0.3 is 4.90 Å². The molecule has 0 amide bonds. The van der Waals surface area contributed by atoms with Gasteiger partial charge in [0.25, 0.3) is 0 Å². The lowest BCUT2D eigenvalue weighted by molar-refractivity contribution is 0.660. The van der Waals surface area contributed by atoms with Crippen molar-refractivity contribution in [1.29, 1.82) is 0 Å². The van der Waals surface area contributed by atoms with Crippen molar-refractivity contribution in [3.8, 4) is 55.6 Å². The Kier molecular flexibility index (Phi) is 8.62. The standard InChI is InChI=1S/C71H49N/c1-69(2)60-32-16-12-27-52(60)56-41-38-50(44-64(56)69)72(51-39-42-58-53-28-13-17-33-61(53)70(66(58)45-51,48-23-8-4-9-24-48)49-25-10-5-11-26-49)67-36-20-31-59-55-30-15-19-35-63(55)71(68(59)67)62-34-18-14-29-54(62)57-40-37-47(43-65(57)71)46-21-6-3-7-22-46/h3-45H,1-2H3. The minimum Gasteiger partial charge on any atom is -0.310 e. The van der Waals surface area contributed by atoms with Crippen LogP contribution in [0, 0.1) is 0 Å². The van der Waals surface area contributed by atoms with Gasteiger partial charge in [-0.1, -0.05) is 238 Å². The highest BCUT2D eigenvalue weighted by Gasteiger charge is 2.54. The minimum atomic E-state index is -0.617. The molecule has 1 spiro atoms. The summed E-state index contributed by atoms with van der Waals surface area (Å²) in [5.41, 5.74) is 27.9. The number of nitrogens with zero attached hydrogens (tertiary/aromatic N) is 1. The quantitative estimate of drug-likeness (QED) is 0.161. The van der Waals surface area contributed by atoms with Crippen molar-refractivity contribution in [1.82, 2.24) is 0 Å². The topological polar surface area (TPSA) is 3.24 Å². The van der Waals surface area contributed by atoms with E-state index in [1.807, 2.05) is 0 Å². The number of hydrogen-bond acceptors (Lipinski definition) is 1. The van der Waals surface area contributed by atoms with Crippen LogP contribution >= 0.6 is 0 Å². The van der Waals surface area contributed by atoms with Crippen molar-refractivity contribution in [2.75, 3.05) is 4.90 Å². The maximum atomic E-state index is 2.62. The van der Waals surface area contributed by atoms with Gasteiger partial charge in [0.15, 0.2) is 0 Å². The second-order valence-corrected chi connectivity index (χ2v) is 20.7. The maximum absolute atomic E-state index is 2.62. The Labute approximate surface area is 422 Å². The fraction of sp³-hybridized carbons (Fsp3) is 0.0704. The molecule has 338 valence electrons. The summed E-state index contributed by atoms with van der Waals surface area (Å²) in [6.07, 6.45) is 0. The zero-order valence-corrected chi connectivity index (χ0v) is 40.3. The predicted octanol–water partition coefficient (Wildman–Crippen LogP) is 17.8. The van der Waals surface area contributed by atoms with Crippen LogP contribution in [0.1, 0.15) is 69.5 Å². The van der Waals surface area contributed by atoms with Gasteiger partial charge in [-0.2, -0.15) is 0 Å². The van der Waals surface area contributed by atoms with Gasteiger partial charge in [-0.05, 0) is 142 Å². The molecule has 0 saturated carbocycles. The van der Waals surface area contributed by atoms with Gasteiger partial charge >= 0.3 is 0 Å². The highest BCUT2D eigenvalue weighted by Crippen LogP contribution is 2.66. The molecule has 11 aromatic rings. The summed E-state index contributed by atoms with van der Waals surface area (Å²) < 4.78 is 0. The Hall–Kier alpha value is -8.78. The Balaban J connectivity index is 1.06. The fourth-order valence-corrected chi connectivity index (χ4v) is 14.0. The van der Waals surface area contributed by atoms with Gasteiger partial charge in [0.1, 0.15) is 0 Å². The first-order chi connectivity index (χ1) is 35.5. The van der Waals surface area contributed by atoms with Gasteiger partial charge in [0.2, 0.25) is 0 Å². The normalized spacial score (nSPS) is 16.2. The van der Waals surface area contributed by atoms with E-state index in [1.54, 1.807) is 0 Å². The summed E-state index contributed by atoms with van der Waals surface area (Å²) in [5.74, 6) is 0. The first kappa shape index (κ1) is 41.0. The van der Waals surface area contributed by atoms with Crippen LogP contribution < -0.4 is 4.90 Å². The Morgan fingerprint density at radius 2 is 0.667 bits per heavy atom. The van der Waals surface area contributed by atoms with Crippen LogP contribution in [-0.4, -0.2) is 0 Å². The molecule has 0 N–H and O–H groups in total. The van der Waals surface area contributed by atoms with E-state index in [0.29, 0.717) is 0 Å². The average molecular weight is 916 g/mol. The number of rotatable bonds is 6.